The van der Waals surface area contributed by atoms with Gasteiger partial charge in [0.05, 0.1) is 17.8 Å². The number of hydrogen-bond acceptors (Lipinski definition) is 8. The Hall–Kier alpha value is -1.74. The van der Waals surface area contributed by atoms with E-state index < -0.39 is 41.6 Å². The van der Waals surface area contributed by atoms with Crippen LogP contribution < -0.4 is 0 Å². The third kappa shape index (κ3) is 2.89. The molecule has 25 heavy (non-hydrogen) atoms. The monoisotopic (exact) mass is 354 g/mol. The molecule has 3 heterocycles. The lowest BCUT2D eigenvalue weighted by Gasteiger charge is -2.40. The SMILES string of the molecule is CC(=O)O[C@H]1C[C@@](C)(O)[C@@]2(O)CC[C@@](C)(/C=C3/OC(=O)C(CO)=C31)O2. The maximum absolute atomic E-state index is 12.1. The van der Waals surface area contributed by atoms with Crippen molar-refractivity contribution in [3.8, 4) is 0 Å². The first kappa shape index (κ1) is 18.1. The summed E-state index contributed by atoms with van der Waals surface area (Å²) in [7, 11) is 0. The maximum atomic E-state index is 12.1. The first-order chi connectivity index (χ1) is 11.5. The molecule has 138 valence electrons. The molecule has 1 fully saturated rings. The molecular weight excluding hydrogens is 332 g/mol. The van der Waals surface area contributed by atoms with Gasteiger partial charge in [-0.2, -0.15) is 0 Å². The lowest BCUT2D eigenvalue weighted by molar-refractivity contribution is -0.298. The van der Waals surface area contributed by atoms with Gasteiger partial charge in [-0.05, 0) is 26.3 Å². The van der Waals surface area contributed by atoms with Gasteiger partial charge in [-0.15, -0.1) is 0 Å². The number of carbonyl (C=O) groups excluding carboxylic acids is 2. The molecule has 0 amide bonds. The van der Waals surface area contributed by atoms with Crippen molar-refractivity contribution in [2.24, 2.45) is 0 Å². The lowest BCUT2D eigenvalue weighted by atomic mass is 9.82. The Balaban J connectivity index is 2.19. The average Bonchev–Trinajstić information content (AvgIpc) is 2.95. The fourth-order valence-corrected chi connectivity index (χ4v) is 3.67. The van der Waals surface area contributed by atoms with Crippen LogP contribution in [0.15, 0.2) is 23.0 Å². The summed E-state index contributed by atoms with van der Waals surface area (Å²) in [6, 6.07) is 0. The summed E-state index contributed by atoms with van der Waals surface area (Å²) in [5.41, 5.74) is -2.60. The van der Waals surface area contributed by atoms with E-state index in [4.69, 9.17) is 14.2 Å². The number of fused-ring (bicyclic) bond motifs is 3. The zero-order valence-electron chi connectivity index (χ0n) is 14.4. The van der Waals surface area contributed by atoms with Crippen LogP contribution in [0.5, 0.6) is 0 Å². The van der Waals surface area contributed by atoms with E-state index in [0.717, 1.165) is 0 Å². The van der Waals surface area contributed by atoms with Crippen molar-refractivity contribution in [2.75, 3.05) is 6.61 Å². The van der Waals surface area contributed by atoms with E-state index in [9.17, 15) is 24.9 Å². The quantitative estimate of drug-likeness (QED) is 0.595. The van der Waals surface area contributed by atoms with Crippen LogP contribution >= 0.6 is 0 Å². The molecule has 4 atom stereocenters. The molecule has 0 radical (unpaired) electrons. The summed E-state index contributed by atoms with van der Waals surface area (Å²) in [4.78, 5) is 23.6. The number of rotatable bonds is 2. The second kappa shape index (κ2) is 5.63. The van der Waals surface area contributed by atoms with Crippen molar-refractivity contribution in [3.63, 3.8) is 0 Å². The van der Waals surface area contributed by atoms with Gasteiger partial charge >= 0.3 is 11.9 Å². The summed E-state index contributed by atoms with van der Waals surface area (Å²) in [6.07, 6.45) is 0.765. The van der Waals surface area contributed by atoms with Crippen LogP contribution in [-0.4, -0.2) is 57.0 Å². The van der Waals surface area contributed by atoms with Crippen LogP contribution in [0.4, 0.5) is 0 Å². The first-order valence-corrected chi connectivity index (χ1v) is 8.12. The van der Waals surface area contributed by atoms with Gasteiger partial charge in [-0.1, -0.05) is 0 Å². The topological polar surface area (TPSA) is 123 Å². The van der Waals surface area contributed by atoms with Gasteiger partial charge < -0.3 is 29.5 Å². The van der Waals surface area contributed by atoms with Crippen LogP contribution in [0.3, 0.4) is 0 Å². The molecule has 3 aliphatic heterocycles. The summed E-state index contributed by atoms with van der Waals surface area (Å²) >= 11 is 0. The third-order valence-corrected chi connectivity index (χ3v) is 5.05. The highest BCUT2D eigenvalue weighted by molar-refractivity contribution is 5.95. The largest absolute Gasteiger partial charge is 0.457 e. The Bertz CT molecular complexity index is 691. The molecule has 2 bridgehead atoms. The highest BCUT2D eigenvalue weighted by Gasteiger charge is 2.58. The summed E-state index contributed by atoms with van der Waals surface area (Å²) < 4.78 is 16.3. The van der Waals surface area contributed by atoms with Gasteiger partial charge in [0.25, 0.3) is 0 Å². The molecule has 0 aromatic rings. The smallest absolute Gasteiger partial charge is 0.342 e. The second-order valence-corrected chi connectivity index (χ2v) is 7.22. The van der Waals surface area contributed by atoms with E-state index in [1.54, 1.807) is 6.92 Å². The van der Waals surface area contributed by atoms with Crippen LogP contribution in [0.1, 0.15) is 40.0 Å². The molecule has 0 spiro atoms. The van der Waals surface area contributed by atoms with E-state index in [1.165, 1.54) is 19.9 Å². The van der Waals surface area contributed by atoms with Crippen LogP contribution in [0, 0.1) is 0 Å². The van der Waals surface area contributed by atoms with Gasteiger partial charge in [0.1, 0.15) is 17.5 Å². The predicted molar refractivity (Wildman–Crippen MR) is 82.8 cm³/mol. The minimum Gasteiger partial charge on any atom is -0.457 e. The Morgan fingerprint density at radius 3 is 2.64 bits per heavy atom. The standard InChI is InChI=1S/C17H22O8/c1-9(19)23-12-7-16(3,21)17(22)5-4-15(2,25-17)6-11-13(12)10(8-18)14(20)24-11/h6,12,18,21-22H,4-5,7-8H2,1-3H3/b11-6+/t12-,15-,16+,17+/m0/s1. The molecule has 0 unspecified atom stereocenters. The normalized spacial score (nSPS) is 42.7. The Morgan fingerprint density at radius 2 is 2.04 bits per heavy atom. The lowest BCUT2D eigenvalue weighted by Crippen LogP contribution is -2.54. The fourth-order valence-electron chi connectivity index (χ4n) is 3.67. The summed E-state index contributed by atoms with van der Waals surface area (Å²) in [6.45, 7) is 3.67. The molecule has 8 heteroatoms. The van der Waals surface area contributed by atoms with Gasteiger partial charge in [0, 0.05) is 25.3 Å². The molecule has 0 aliphatic carbocycles. The molecule has 3 N–H and O–H groups in total. The molecule has 1 saturated heterocycles. The number of hydrogen-bond donors (Lipinski definition) is 3. The van der Waals surface area contributed by atoms with E-state index in [0.29, 0.717) is 6.42 Å². The van der Waals surface area contributed by atoms with Gasteiger partial charge in [-0.25, -0.2) is 4.79 Å². The highest BCUT2D eigenvalue weighted by atomic mass is 16.7. The van der Waals surface area contributed by atoms with Gasteiger partial charge in [0.15, 0.2) is 5.79 Å². The highest BCUT2D eigenvalue weighted by Crippen LogP contribution is 2.49. The van der Waals surface area contributed by atoms with Gasteiger partial charge in [0.2, 0.25) is 0 Å². The van der Waals surface area contributed by atoms with Crippen molar-refractivity contribution >= 4 is 11.9 Å². The molecule has 3 rings (SSSR count). The van der Waals surface area contributed by atoms with Crippen molar-refractivity contribution in [2.45, 2.75) is 63.1 Å². The van der Waals surface area contributed by atoms with Crippen molar-refractivity contribution in [1.29, 1.82) is 0 Å². The molecule has 8 nitrogen and oxygen atoms in total. The Kier molecular flexibility index (Phi) is 4.07. The number of esters is 2. The van der Waals surface area contributed by atoms with Crippen LogP contribution in [-0.2, 0) is 23.8 Å². The minimum absolute atomic E-state index is 0.0401. The molecule has 0 saturated carbocycles. The second-order valence-electron chi connectivity index (χ2n) is 7.22. The van der Waals surface area contributed by atoms with E-state index >= 15 is 0 Å². The van der Waals surface area contributed by atoms with Crippen LogP contribution in [0.25, 0.3) is 0 Å². The minimum atomic E-state index is -1.85. The van der Waals surface area contributed by atoms with Crippen molar-refractivity contribution in [1.82, 2.24) is 0 Å². The summed E-state index contributed by atoms with van der Waals surface area (Å²) in [5.74, 6) is -3.10. The number of carbonyl (C=O) groups is 2. The predicted octanol–water partition coefficient (Wildman–Crippen LogP) is 0.0601. The number of aliphatic hydroxyl groups excluding tert-OH is 1. The van der Waals surface area contributed by atoms with Crippen molar-refractivity contribution in [3.05, 3.63) is 23.0 Å². The summed E-state index contributed by atoms with van der Waals surface area (Å²) in [5, 5.41) is 31.3. The van der Waals surface area contributed by atoms with E-state index in [-0.39, 0.29) is 29.7 Å². The average molecular weight is 354 g/mol. The van der Waals surface area contributed by atoms with E-state index in [2.05, 4.69) is 0 Å². The molecular formula is C17H22O8. The van der Waals surface area contributed by atoms with E-state index in [1.807, 2.05) is 0 Å². The Morgan fingerprint density at radius 1 is 1.36 bits per heavy atom. The Labute approximate surface area is 144 Å². The third-order valence-electron chi connectivity index (χ3n) is 5.05. The zero-order chi connectivity index (χ0) is 18.6. The van der Waals surface area contributed by atoms with Crippen LogP contribution in [0.2, 0.25) is 0 Å². The number of ether oxygens (including phenoxy) is 3. The molecule has 0 aromatic carbocycles. The number of aliphatic hydroxyl groups is 3. The first-order valence-electron chi connectivity index (χ1n) is 8.12. The molecule has 0 aromatic heterocycles. The van der Waals surface area contributed by atoms with Crippen molar-refractivity contribution < 1.29 is 39.1 Å². The molecule has 3 aliphatic rings. The fraction of sp³-hybridized carbons (Fsp3) is 0.647. The van der Waals surface area contributed by atoms with Gasteiger partial charge in [-0.3, -0.25) is 4.79 Å². The zero-order valence-corrected chi connectivity index (χ0v) is 14.4. The maximum Gasteiger partial charge on any atom is 0.342 e.